The van der Waals surface area contributed by atoms with E-state index in [1.165, 1.54) is 11.8 Å². The van der Waals surface area contributed by atoms with E-state index in [0.29, 0.717) is 17.9 Å². The summed E-state index contributed by atoms with van der Waals surface area (Å²) < 4.78 is 76.1. The molecule has 10 heteroatoms. The van der Waals surface area contributed by atoms with Gasteiger partial charge in [-0.15, -0.1) is 0 Å². The molecule has 1 rings (SSSR count). The van der Waals surface area contributed by atoms with E-state index in [1.807, 2.05) is 5.32 Å². The van der Waals surface area contributed by atoms with E-state index in [4.69, 9.17) is 5.73 Å². The summed E-state index contributed by atoms with van der Waals surface area (Å²) >= 11 is 1.41. The summed E-state index contributed by atoms with van der Waals surface area (Å²) in [6, 6.07) is -0.155. The second-order valence-corrected chi connectivity index (χ2v) is 5.66. The Kier molecular flexibility index (Phi) is 6.34. The van der Waals surface area contributed by atoms with Crippen molar-refractivity contribution in [2.75, 3.05) is 17.3 Å². The van der Waals surface area contributed by atoms with Gasteiger partial charge in [0.25, 0.3) is 0 Å². The Bertz CT molecular complexity index is 526. The lowest BCUT2D eigenvalue weighted by molar-refractivity contribution is -0.143. The number of hydrogen-bond donors (Lipinski definition) is 2. The monoisotopic (exact) mass is 360 g/mol. The van der Waals surface area contributed by atoms with Crippen LogP contribution in [0.4, 0.5) is 32.0 Å². The largest absolute Gasteiger partial charge is 0.416 e. The normalized spacial score (nSPS) is 13.7. The first-order valence-electron chi connectivity index (χ1n) is 6.30. The molecule has 0 aliphatic rings. The van der Waals surface area contributed by atoms with Crippen molar-refractivity contribution in [3.05, 3.63) is 29.3 Å². The van der Waals surface area contributed by atoms with Crippen LogP contribution in [0, 0.1) is 0 Å². The molecular weight excluding hydrogens is 346 g/mol. The first-order chi connectivity index (χ1) is 10.4. The van der Waals surface area contributed by atoms with Crippen molar-refractivity contribution in [3.8, 4) is 0 Å². The zero-order valence-corrected chi connectivity index (χ0v) is 12.7. The average molecular weight is 360 g/mol. The lowest BCUT2D eigenvalue weighted by atomic mass is 10.1. The highest BCUT2D eigenvalue weighted by Crippen LogP contribution is 2.37. The summed E-state index contributed by atoms with van der Waals surface area (Å²) in [5.74, 6) is -0.308. The lowest BCUT2D eigenvalue weighted by Gasteiger charge is -2.16. The zero-order valence-electron chi connectivity index (χ0n) is 11.9. The van der Waals surface area contributed by atoms with Gasteiger partial charge in [0.1, 0.15) is 0 Å². The summed E-state index contributed by atoms with van der Waals surface area (Å²) in [6.45, 7) is 0. The maximum Gasteiger partial charge on any atom is 0.416 e. The van der Waals surface area contributed by atoms with Crippen LogP contribution in [0.15, 0.2) is 18.2 Å². The molecule has 0 saturated carbocycles. The number of carbonyl (C=O) groups is 1. The summed E-state index contributed by atoms with van der Waals surface area (Å²) in [4.78, 5) is 11.7. The Morgan fingerprint density at radius 3 is 2.00 bits per heavy atom. The van der Waals surface area contributed by atoms with Crippen LogP contribution in [-0.2, 0) is 17.1 Å². The SMILES string of the molecule is CSCC[C@H](N)C(=O)Nc1cc(C(F)(F)F)cc(C(F)(F)F)c1. The highest BCUT2D eigenvalue weighted by Gasteiger charge is 2.37. The molecule has 23 heavy (non-hydrogen) atoms. The predicted octanol–water partition coefficient (Wildman–Crippen LogP) is 3.74. The number of hydrogen-bond acceptors (Lipinski definition) is 3. The van der Waals surface area contributed by atoms with Crippen molar-refractivity contribution >= 4 is 23.4 Å². The van der Waals surface area contributed by atoms with Gasteiger partial charge in [-0.3, -0.25) is 4.79 Å². The fraction of sp³-hybridized carbons (Fsp3) is 0.462. The van der Waals surface area contributed by atoms with Gasteiger partial charge in [0.05, 0.1) is 17.2 Å². The number of halogens is 6. The Hall–Kier alpha value is -1.42. The molecule has 0 aliphatic heterocycles. The highest BCUT2D eigenvalue weighted by molar-refractivity contribution is 7.98. The van der Waals surface area contributed by atoms with Crippen molar-refractivity contribution < 1.29 is 31.1 Å². The van der Waals surface area contributed by atoms with Gasteiger partial charge in [-0.05, 0) is 36.6 Å². The fourth-order valence-corrected chi connectivity index (χ4v) is 2.13. The summed E-state index contributed by atoms with van der Waals surface area (Å²) in [5, 5.41) is 2.00. The standard InChI is InChI=1S/C13H14F6N2OS/c1-23-3-2-10(20)11(22)21-9-5-7(12(14,15)16)4-8(6-9)13(17,18)19/h4-6,10H,2-3,20H2,1H3,(H,21,22)/t10-/m0/s1. The number of thioether (sulfide) groups is 1. The van der Waals surface area contributed by atoms with Crippen LogP contribution in [0.25, 0.3) is 0 Å². The molecule has 0 saturated heterocycles. The van der Waals surface area contributed by atoms with Crippen LogP contribution < -0.4 is 11.1 Å². The minimum atomic E-state index is -4.97. The summed E-state index contributed by atoms with van der Waals surface area (Å²) in [5.41, 5.74) is 1.93. The number of benzene rings is 1. The molecule has 0 aromatic heterocycles. The third kappa shape index (κ3) is 5.94. The third-order valence-electron chi connectivity index (χ3n) is 2.82. The first-order valence-corrected chi connectivity index (χ1v) is 7.69. The number of rotatable bonds is 5. The van der Waals surface area contributed by atoms with Crippen LogP contribution in [0.1, 0.15) is 17.5 Å². The molecule has 0 spiro atoms. The molecule has 0 unspecified atom stereocenters. The molecular formula is C13H14F6N2OS. The summed E-state index contributed by atoms with van der Waals surface area (Å²) in [7, 11) is 0. The Labute approximate surface area is 132 Å². The van der Waals surface area contributed by atoms with Gasteiger partial charge in [-0.2, -0.15) is 38.1 Å². The van der Waals surface area contributed by atoms with Crippen LogP contribution >= 0.6 is 11.8 Å². The number of nitrogens with two attached hydrogens (primary N) is 1. The molecule has 1 amide bonds. The van der Waals surface area contributed by atoms with Crippen LogP contribution in [0.3, 0.4) is 0 Å². The number of amides is 1. The molecule has 130 valence electrons. The van der Waals surface area contributed by atoms with E-state index in [9.17, 15) is 31.1 Å². The zero-order chi connectivity index (χ0) is 17.8. The molecule has 0 radical (unpaired) electrons. The topological polar surface area (TPSA) is 55.1 Å². The van der Waals surface area contributed by atoms with Gasteiger partial charge in [0.15, 0.2) is 0 Å². The van der Waals surface area contributed by atoms with Crippen molar-refractivity contribution in [3.63, 3.8) is 0 Å². The molecule has 1 aromatic carbocycles. The van der Waals surface area contributed by atoms with Gasteiger partial charge in [0.2, 0.25) is 5.91 Å². The third-order valence-corrected chi connectivity index (χ3v) is 3.47. The Morgan fingerprint density at radius 2 is 1.61 bits per heavy atom. The number of carbonyl (C=O) groups excluding carboxylic acids is 1. The molecule has 0 fully saturated rings. The number of nitrogens with one attached hydrogen (secondary N) is 1. The van der Waals surface area contributed by atoms with Crippen LogP contribution in [0.5, 0.6) is 0 Å². The summed E-state index contributed by atoms with van der Waals surface area (Å²) in [6.07, 6.45) is -7.92. The second-order valence-electron chi connectivity index (χ2n) is 4.67. The van der Waals surface area contributed by atoms with Crippen molar-refractivity contribution in [2.45, 2.75) is 24.8 Å². The first kappa shape index (κ1) is 19.6. The molecule has 3 N–H and O–H groups in total. The van der Waals surface area contributed by atoms with E-state index in [2.05, 4.69) is 0 Å². The minimum absolute atomic E-state index is 0.0106. The van der Waals surface area contributed by atoms with Gasteiger partial charge in [0, 0.05) is 5.69 Å². The van der Waals surface area contributed by atoms with Crippen molar-refractivity contribution in [1.82, 2.24) is 0 Å². The Balaban J connectivity index is 3.08. The number of alkyl halides is 6. The average Bonchev–Trinajstić information content (AvgIpc) is 2.42. The smallest absolute Gasteiger partial charge is 0.325 e. The lowest BCUT2D eigenvalue weighted by Crippen LogP contribution is -2.36. The molecule has 1 atom stereocenters. The molecule has 3 nitrogen and oxygen atoms in total. The van der Waals surface area contributed by atoms with Gasteiger partial charge >= 0.3 is 12.4 Å². The minimum Gasteiger partial charge on any atom is -0.325 e. The van der Waals surface area contributed by atoms with E-state index in [1.54, 1.807) is 6.26 Å². The molecule has 0 aliphatic carbocycles. The maximum absolute atomic E-state index is 12.7. The molecule has 1 aromatic rings. The quantitative estimate of drug-likeness (QED) is 0.787. The van der Waals surface area contributed by atoms with Gasteiger partial charge in [-0.25, -0.2) is 0 Å². The highest BCUT2D eigenvalue weighted by atomic mass is 32.2. The fourth-order valence-electron chi connectivity index (χ4n) is 1.64. The molecule has 0 heterocycles. The van der Waals surface area contributed by atoms with E-state index in [-0.39, 0.29) is 12.5 Å². The van der Waals surface area contributed by atoms with Gasteiger partial charge in [-0.1, -0.05) is 0 Å². The maximum atomic E-state index is 12.7. The van der Waals surface area contributed by atoms with Crippen molar-refractivity contribution in [1.29, 1.82) is 0 Å². The second kappa shape index (κ2) is 7.43. The van der Waals surface area contributed by atoms with Crippen LogP contribution in [-0.4, -0.2) is 24.0 Å². The van der Waals surface area contributed by atoms with Crippen molar-refractivity contribution in [2.24, 2.45) is 5.73 Å². The molecule has 0 bridgehead atoms. The predicted molar refractivity (Wildman–Crippen MR) is 76.1 cm³/mol. The van der Waals surface area contributed by atoms with E-state index >= 15 is 0 Å². The number of anilines is 1. The Morgan fingerprint density at radius 1 is 1.13 bits per heavy atom. The van der Waals surface area contributed by atoms with E-state index in [0.717, 1.165) is 0 Å². The van der Waals surface area contributed by atoms with Gasteiger partial charge < -0.3 is 11.1 Å². The van der Waals surface area contributed by atoms with Crippen LogP contribution in [0.2, 0.25) is 0 Å². The van der Waals surface area contributed by atoms with E-state index < -0.39 is 41.1 Å².